The highest BCUT2D eigenvalue weighted by molar-refractivity contribution is 5.40. The minimum absolute atomic E-state index is 0.0147. The van der Waals surface area contributed by atoms with Crippen LogP contribution in [-0.4, -0.2) is 11.7 Å². The highest BCUT2D eigenvalue weighted by Gasteiger charge is 1.78. The molecular formula is C13H10O. The van der Waals surface area contributed by atoms with Crippen LogP contribution in [-0.2, 0) is 0 Å². The van der Waals surface area contributed by atoms with Gasteiger partial charge in [0, 0.05) is 5.56 Å². The summed E-state index contributed by atoms with van der Waals surface area (Å²) < 4.78 is 0. The number of rotatable bonds is 1. The molecule has 0 amide bonds. The van der Waals surface area contributed by atoms with E-state index in [2.05, 4.69) is 23.7 Å². The Morgan fingerprint density at radius 3 is 2.64 bits per heavy atom. The summed E-state index contributed by atoms with van der Waals surface area (Å²) in [5.41, 5.74) is 0.952. The summed E-state index contributed by atoms with van der Waals surface area (Å²) in [6.45, 7) is 0.0147. The van der Waals surface area contributed by atoms with Gasteiger partial charge >= 0.3 is 0 Å². The van der Waals surface area contributed by atoms with Crippen molar-refractivity contribution in [3.8, 4) is 23.7 Å². The Morgan fingerprint density at radius 2 is 1.93 bits per heavy atom. The monoisotopic (exact) mass is 182 g/mol. The molecule has 0 saturated carbocycles. The van der Waals surface area contributed by atoms with Gasteiger partial charge in [0.15, 0.2) is 0 Å². The largest absolute Gasteiger partial charge is 0.392 e. The van der Waals surface area contributed by atoms with E-state index in [1.54, 1.807) is 12.2 Å². The van der Waals surface area contributed by atoms with E-state index in [1.807, 2.05) is 30.3 Å². The van der Waals surface area contributed by atoms with E-state index in [0.717, 1.165) is 5.56 Å². The second-order valence-corrected chi connectivity index (χ2v) is 2.47. The molecule has 1 heteroatoms. The van der Waals surface area contributed by atoms with Gasteiger partial charge in [-0.3, -0.25) is 0 Å². The molecule has 0 spiro atoms. The highest BCUT2D eigenvalue weighted by atomic mass is 16.2. The molecule has 68 valence electrons. The highest BCUT2D eigenvalue weighted by Crippen LogP contribution is 1.93. The third-order valence-corrected chi connectivity index (χ3v) is 1.42. The van der Waals surface area contributed by atoms with E-state index >= 15 is 0 Å². The molecule has 1 nitrogen and oxygen atoms in total. The fourth-order valence-electron chi connectivity index (χ4n) is 0.814. The van der Waals surface area contributed by atoms with Crippen LogP contribution in [0.25, 0.3) is 0 Å². The summed E-state index contributed by atoms with van der Waals surface area (Å²) in [5, 5.41) is 8.41. The Bertz CT molecular complexity index is 407. The number of benzene rings is 1. The number of hydrogen-bond donors (Lipinski definition) is 1. The maximum atomic E-state index is 8.41. The summed E-state index contributed by atoms with van der Waals surface area (Å²) >= 11 is 0. The summed E-state index contributed by atoms with van der Waals surface area (Å²) in [5.74, 6) is 11.0. The van der Waals surface area contributed by atoms with Crippen molar-refractivity contribution in [1.29, 1.82) is 0 Å². The molecule has 1 rings (SSSR count). The maximum absolute atomic E-state index is 8.41. The van der Waals surface area contributed by atoms with Crippen molar-refractivity contribution in [2.24, 2.45) is 0 Å². The Labute approximate surface area is 84.1 Å². The molecule has 0 bridgehead atoms. The normalized spacial score (nSPS) is 8.64. The molecule has 0 unspecified atom stereocenters. The molecular weight excluding hydrogens is 172 g/mol. The maximum Gasteiger partial charge on any atom is 0.0621 e. The average molecular weight is 182 g/mol. The topological polar surface area (TPSA) is 20.2 Å². The van der Waals surface area contributed by atoms with Gasteiger partial charge in [-0.1, -0.05) is 36.1 Å². The lowest BCUT2D eigenvalue weighted by atomic mass is 10.2. The second-order valence-electron chi connectivity index (χ2n) is 2.47. The van der Waals surface area contributed by atoms with E-state index in [-0.39, 0.29) is 6.61 Å². The van der Waals surface area contributed by atoms with Crippen molar-refractivity contribution in [2.75, 3.05) is 6.61 Å². The minimum atomic E-state index is 0.0147. The molecule has 1 aromatic carbocycles. The predicted octanol–water partition coefficient (Wildman–Crippen LogP) is 1.59. The van der Waals surface area contributed by atoms with Gasteiger partial charge in [0.1, 0.15) is 0 Å². The van der Waals surface area contributed by atoms with Gasteiger partial charge in [-0.25, -0.2) is 0 Å². The van der Waals surface area contributed by atoms with Crippen LogP contribution >= 0.6 is 0 Å². The zero-order chi connectivity index (χ0) is 10.1. The fraction of sp³-hybridized carbons (Fsp3) is 0.0769. The lowest BCUT2D eigenvalue weighted by Gasteiger charge is -1.83. The van der Waals surface area contributed by atoms with E-state index in [0.29, 0.717) is 0 Å². The van der Waals surface area contributed by atoms with Crippen molar-refractivity contribution >= 4 is 0 Å². The van der Waals surface area contributed by atoms with Crippen molar-refractivity contribution in [3.63, 3.8) is 0 Å². The first-order valence-electron chi connectivity index (χ1n) is 4.26. The number of aliphatic hydroxyl groups is 1. The average Bonchev–Trinajstić information content (AvgIpc) is 2.25. The van der Waals surface area contributed by atoms with Crippen LogP contribution in [0.4, 0.5) is 0 Å². The molecule has 0 fully saturated rings. The molecule has 14 heavy (non-hydrogen) atoms. The van der Waals surface area contributed by atoms with Crippen LogP contribution < -0.4 is 0 Å². The van der Waals surface area contributed by atoms with Crippen LogP contribution in [0.15, 0.2) is 42.5 Å². The van der Waals surface area contributed by atoms with Gasteiger partial charge in [-0.15, -0.1) is 0 Å². The lowest BCUT2D eigenvalue weighted by molar-refractivity contribution is 0.343. The van der Waals surface area contributed by atoms with Gasteiger partial charge in [0.25, 0.3) is 0 Å². The summed E-state index contributed by atoms with van der Waals surface area (Å²) in [6, 6.07) is 9.67. The third-order valence-electron chi connectivity index (χ3n) is 1.42. The predicted molar refractivity (Wildman–Crippen MR) is 57.3 cm³/mol. The van der Waals surface area contributed by atoms with Gasteiger partial charge in [-0.2, -0.15) is 0 Å². The molecule has 0 radical (unpaired) electrons. The molecule has 0 aliphatic rings. The fourth-order valence-corrected chi connectivity index (χ4v) is 0.814. The molecule has 1 aromatic rings. The number of hydrogen-bond acceptors (Lipinski definition) is 1. The molecule has 0 aromatic heterocycles. The Kier molecular flexibility index (Phi) is 4.73. The standard InChI is InChI=1S/C13H10O/c14-12-8-3-1-2-5-9-13-10-6-4-7-11-13/h3-4,6-8,10-11,14H,12H2/b8-3-. The number of allylic oxidation sites excluding steroid dienone is 1. The smallest absolute Gasteiger partial charge is 0.0621 e. The lowest BCUT2D eigenvalue weighted by Crippen LogP contribution is -1.69. The molecule has 0 atom stereocenters. The molecule has 0 saturated heterocycles. The SMILES string of the molecule is OC/C=C\C#CC#Cc1ccccc1. The quantitative estimate of drug-likeness (QED) is 0.654. The minimum Gasteiger partial charge on any atom is -0.392 e. The van der Waals surface area contributed by atoms with Crippen molar-refractivity contribution in [3.05, 3.63) is 48.0 Å². The first-order chi connectivity index (χ1) is 6.93. The van der Waals surface area contributed by atoms with E-state index in [9.17, 15) is 0 Å². The van der Waals surface area contributed by atoms with E-state index in [1.165, 1.54) is 0 Å². The van der Waals surface area contributed by atoms with Crippen LogP contribution in [0.1, 0.15) is 5.56 Å². The van der Waals surface area contributed by atoms with E-state index in [4.69, 9.17) is 5.11 Å². The molecule has 0 aliphatic carbocycles. The van der Waals surface area contributed by atoms with Crippen LogP contribution in [0.2, 0.25) is 0 Å². The Hall–Kier alpha value is -1.96. The summed E-state index contributed by atoms with van der Waals surface area (Å²) in [4.78, 5) is 0. The van der Waals surface area contributed by atoms with Gasteiger partial charge in [0.05, 0.1) is 6.61 Å². The first-order valence-corrected chi connectivity index (χ1v) is 4.26. The third kappa shape index (κ3) is 4.16. The number of aliphatic hydroxyl groups excluding tert-OH is 1. The summed E-state index contributed by atoms with van der Waals surface area (Å²) in [7, 11) is 0. The molecule has 1 N–H and O–H groups in total. The van der Waals surface area contributed by atoms with Gasteiger partial charge < -0.3 is 5.11 Å². The van der Waals surface area contributed by atoms with Crippen molar-refractivity contribution in [1.82, 2.24) is 0 Å². The van der Waals surface area contributed by atoms with Crippen molar-refractivity contribution < 1.29 is 5.11 Å². The van der Waals surface area contributed by atoms with Crippen LogP contribution in [0, 0.1) is 23.7 Å². The van der Waals surface area contributed by atoms with Crippen LogP contribution in [0.5, 0.6) is 0 Å². The van der Waals surface area contributed by atoms with E-state index < -0.39 is 0 Å². The molecule has 0 aliphatic heterocycles. The zero-order valence-corrected chi connectivity index (χ0v) is 7.70. The second kappa shape index (κ2) is 6.54. The Balaban J connectivity index is 2.56. The Morgan fingerprint density at radius 1 is 1.14 bits per heavy atom. The van der Waals surface area contributed by atoms with Gasteiger partial charge in [0.2, 0.25) is 0 Å². The van der Waals surface area contributed by atoms with Crippen LogP contribution in [0.3, 0.4) is 0 Å². The summed E-state index contributed by atoms with van der Waals surface area (Å²) in [6.07, 6.45) is 3.15. The van der Waals surface area contributed by atoms with Crippen molar-refractivity contribution in [2.45, 2.75) is 0 Å². The first kappa shape index (κ1) is 10.1. The zero-order valence-electron chi connectivity index (χ0n) is 7.70. The van der Waals surface area contributed by atoms with Gasteiger partial charge in [-0.05, 0) is 30.0 Å². The molecule has 0 heterocycles.